The van der Waals surface area contributed by atoms with Crippen molar-refractivity contribution in [2.75, 3.05) is 6.26 Å². The molecule has 0 spiro atoms. The van der Waals surface area contributed by atoms with Gasteiger partial charge in [0.05, 0.1) is 5.02 Å². The topological polar surface area (TPSA) is 54.4 Å². The van der Waals surface area contributed by atoms with Crippen LogP contribution in [0.15, 0.2) is 21.5 Å². The second-order valence-corrected chi connectivity index (χ2v) is 5.70. The summed E-state index contributed by atoms with van der Waals surface area (Å²) >= 11 is 8.69. The quantitative estimate of drug-likeness (QED) is 0.697. The predicted molar refractivity (Wildman–Crippen MR) is 55.0 cm³/mol. The summed E-state index contributed by atoms with van der Waals surface area (Å²) in [5.74, 6) is -0.418. The van der Waals surface area contributed by atoms with Crippen LogP contribution in [0, 0.1) is 0 Å². The third-order valence-corrected chi connectivity index (χ3v) is 3.83. The number of rotatable bonds is 1. The molecule has 0 heterocycles. The molecule has 0 unspecified atom stereocenters. The molecule has 0 amide bonds. The second kappa shape index (κ2) is 5.63. The molecule has 0 bridgehead atoms. The minimum absolute atomic E-state index is 0. The third-order valence-electron chi connectivity index (χ3n) is 1.43. The summed E-state index contributed by atoms with van der Waals surface area (Å²) in [4.78, 5) is -0.166. The number of benzene rings is 1. The summed E-state index contributed by atoms with van der Waals surface area (Å²) < 4.78 is 22.6. The van der Waals surface area contributed by atoms with Gasteiger partial charge in [0, 0.05) is 10.7 Å². The van der Waals surface area contributed by atoms with Gasteiger partial charge in [-0.1, -0.05) is 11.6 Å². The molecular weight excluding hydrogens is 319 g/mol. The SMILES string of the molecule is CS(=O)(=O)c1ccc(Br)c(Cl)c1O.[H-].[K+]. The predicted octanol–water partition coefficient (Wildman–Crippen LogP) is -0.672. The number of hydrogen-bond acceptors (Lipinski definition) is 3. The fraction of sp³-hybridized carbons (Fsp3) is 0.143. The van der Waals surface area contributed by atoms with E-state index in [1.165, 1.54) is 12.1 Å². The number of aromatic hydroxyl groups is 1. The van der Waals surface area contributed by atoms with Crippen molar-refractivity contribution in [3.8, 4) is 5.75 Å². The first kappa shape index (κ1) is 15.4. The summed E-state index contributed by atoms with van der Waals surface area (Å²) in [5, 5.41) is 9.38. The summed E-state index contributed by atoms with van der Waals surface area (Å²) in [6.07, 6.45) is 1.01. The maximum absolute atomic E-state index is 11.1. The maximum atomic E-state index is 11.1. The molecule has 0 saturated carbocycles. The van der Waals surface area contributed by atoms with Crippen molar-refractivity contribution >= 4 is 37.4 Å². The van der Waals surface area contributed by atoms with E-state index < -0.39 is 15.6 Å². The molecule has 0 radical (unpaired) electrons. The maximum Gasteiger partial charge on any atom is 1.00 e. The van der Waals surface area contributed by atoms with Gasteiger partial charge in [0.1, 0.15) is 4.90 Å². The third kappa shape index (κ3) is 3.45. The van der Waals surface area contributed by atoms with Gasteiger partial charge in [-0.3, -0.25) is 0 Å². The zero-order chi connectivity index (χ0) is 10.2. The average Bonchev–Trinajstić information content (AvgIpc) is 1.98. The fourth-order valence-electron chi connectivity index (χ4n) is 0.821. The van der Waals surface area contributed by atoms with Crippen molar-refractivity contribution < 1.29 is 66.3 Å². The molecule has 74 valence electrons. The van der Waals surface area contributed by atoms with E-state index in [0.717, 1.165) is 6.26 Å². The van der Waals surface area contributed by atoms with Gasteiger partial charge in [0.25, 0.3) is 0 Å². The first-order valence-electron chi connectivity index (χ1n) is 3.21. The molecule has 0 saturated heterocycles. The zero-order valence-electron chi connectivity index (χ0n) is 8.58. The van der Waals surface area contributed by atoms with Gasteiger partial charge in [0.15, 0.2) is 15.6 Å². The smallest absolute Gasteiger partial charge is 1.00 e. The number of halogens is 2. The van der Waals surface area contributed by atoms with Gasteiger partial charge in [-0.2, -0.15) is 0 Å². The molecule has 14 heavy (non-hydrogen) atoms. The van der Waals surface area contributed by atoms with E-state index in [9.17, 15) is 13.5 Å². The van der Waals surface area contributed by atoms with Crippen molar-refractivity contribution in [1.82, 2.24) is 0 Å². The Hall–Kier alpha value is 1.38. The summed E-state index contributed by atoms with van der Waals surface area (Å²) in [6, 6.07) is 2.76. The van der Waals surface area contributed by atoms with E-state index >= 15 is 0 Å². The van der Waals surface area contributed by atoms with Gasteiger partial charge in [-0.25, -0.2) is 8.42 Å². The first-order valence-corrected chi connectivity index (χ1v) is 6.27. The van der Waals surface area contributed by atoms with Crippen molar-refractivity contribution in [1.29, 1.82) is 0 Å². The Morgan fingerprint density at radius 1 is 1.50 bits per heavy atom. The fourth-order valence-corrected chi connectivity index (χ4v) is 2.13. The van der Waals surface area contributed by atoms with Gasteiger partial charge in [-0.15, -0.1) is 0 Å². The summed E-state index contributed by atoms with van der Waals surface area (Å²) in [5.41, 5.74) is 0. The van der Waals surface area contributed by atoms with Crippen LogP contribution in [0.25, 0.3) is 0 Å². The van der Waals surface area contributed by atoms with Crippen LogP contribution < -0.4 is 51.4 Å². The normalized spacial score (nSPS) is 10.8. The van der Waals surface area contributed by atoms with Crippen molar-refractivity contribution in [3.05, 3.63) is 21.6 Å². The minimum atomic E-state index is -3.43. The number of sulfone groups is 1. The average molecular weight is 326 g/mol. The molecule has 1 N–H and O–H groups in total. The van der Waals surface area contributed by atoms with Crippen LogP contribution in [0.5, 0.6) is 5.75 Å². The van der Waals surface area contributed by atoms with E-state index in [-0.39, 0.29) is 62.7 Å². The molecule has 0 fully saturated rings. The van der Waals surface area contributed by atoms with E-state index in [1.807, 2.05) is 0 Å². The van der Waals surface area contributed by atoms with E-state index in [4.69, 9.17) is 11.6 Å². The minimum Gasteiger partial charge on any atom is -1.00 e. The van der Waals surface area contributed by atoms with Crippen LogP contribution in [-0.2, 0) is 9.84 Å². The van der Waals surface area contributed by atoms with E-state index in [0.29, 0.717) is 4.47 Å². The Morgan fingerprint density at radius 3 is 2.43 bits per heavy atom. The summed E-state index contributed by atoms with van der Waals surface area (Å²) in [7, 11) is -3.43. The van der Waals surface area contributed by atoms with Crippen molar-refractivity contribution in [2.45, 2.75) is 4.90 Å². The van der Waals surface area contributed by atoms with Crippen LogP contribution in [-0.4, -0.2) is 19.8 Å². The number of phenols is 1. The Kier molecular flexibility index (Phi) is 6.18. The van der Waals surface area contributed by atoms with Crippen LogP contribution in [0.3, 0.4) is 0 Å². The molecule has 0 atom stereocenters. The molecule has 1 rings (SSSR count). The largest absolute Gasteiger partial charge is 1.00 e. The van der Waals surface area contributed by atoms with Gasteiger partial charge in [0.2, 0.25) is 0 Å². The molecule has 7 heteroatoms. The van der Waals surface area contributed by atoms with Gasteiger partial charge in [-0.05, 0) is 28.1 Å². The Bertz CT molecular complexity index is 452. The molecule has 0 aliphatic rings. The van der Waals surface area contributed by atoms with E-state index in [1.54, 1.807) is 0 Å². The Morgan fingerprint density at radius 2 is 2.00 bits per heavy atom. The molecular formula is C7H7BrClKO3S. The van der Waals surface area contributed by atoms with Crippen molar-refractivity contribution in [3.63, 3.8) is 0 Å². The molecule has 1 aromatic rings. The Balaban J connectivity index is 0. The van der Waals surface area contributed by atoms with Gasteiger partial charge < -0.3 is 6.53 Å². The molecule has 0 aliphatic carbocycles. The molecule has 1 aromatic carbocycles. The van der Waals surface area contributed by atoms with Crippen LogP contribution >= 0.6 is 27.5 Å². The molecule has 0 aliphatic heterocycles. The first-order chi connectivity index (χ1) is 5.84. The monoisotopic (exact) mass is 324 g/mol. The van der Waals surface area contributed by atoms with Crippen LogP contribution in [0.4, 0.5) is 0 Å². The number of phenolic OH excluding ortho intramolecular Hbond substituents is 1. The zero-order valence-corrected chi connectivity index (χ0v) is 13.9. The number of hydrogen-bond donors (Lipinski definition) is 1. The van der Waals surface area contributed by atoms with Crippen LogP contribution in [0.2, 0.25) is 5.02 Å². The Labute approximate surface area is 140 Å². The van der Waals surface area contributed by atoms with Crippen molar-refractivity contribution in [2.24, 2.45) is 0 Å². The summed E-state index contributed by atoms with van der Waals surface area (Å²) in [6.45, 7) is 0. The molecule has 0 aromatic heterocycles. The van der Waals surface area contributed by atoms with Gasteiger partial charge >= 0.3 is 51.4 Å². The molecule has 3 nitrogen and oxygen atoms in total. The second-order valence-electron chi connectivity index (χ2n) is 2.48. The van der Waals surface area contributed by atoms with Crippen LogP contribution in [0.1, 0.15) is 1.43 Å². The van der Waals surface area contributed by atoms with E-state index in [2.05, 4.69) is 15.9 Å². The standard InChI is InChI=1S/C7H6BrClO3S.K.H/c1-13(11,12)5-3-2-4(8)6(9)7(5)10;;/h2-3,10H,1H3;;/q;+1;-1.